The zero-order valence-corrected chi connectivity index (χ0v) is 12.0. The van der Waals surface area contributed by atoms with Gasteiger partial charge in [-0.1, -0.05) is 11.6 Å². The van der Waals surface area contributed by atoms with E-state index in [0.717, 1.165) is 12.1 Å². The third kappa shape index (κ3) is 3.11. The van der Waals surface area contributed by atoms with Gasteiger partial charge in [-0.05, 0) is 36.4 Å². The molecule has 1 aromatic heterocycles. The number of H-pyrrole nitrogens is 1. The molecule has 0 aliphatic carbocycles. The SMILES string of the molecule is O=C(Nc1ccc(Cl)c(C(F)(F)F)c1)c1ccc2n[nH]nc2c1. The number of fused-ring (bicyclic) bond motifs is 1. The zero-order valence-electron chi connectivity index (χ0n) is 11.3. The van der Waals surface area contributed by atoms with Gasteiger partial charge in [-0.25, -0.2) is 0 Å². The van der Waals surface area contributed by atoms with E-state index in [-0.39, 0.29) is 11.3 Å². The van der Waals surface area contributed by atoms with E-state index in [9.17, 15) is 18.0 Å². The summed E-state index contributed by atoms with van der Waals surface area (Å²) in [5.41, 5.74) is 0.281. The first-order valence-corrected chi connectivity index (χ1v) is 6.71. The van der Waals surface area contributed by atoms with Gasteiger partial charge in [0.15, 0.2) is 0 Å². The molecular formula is C14H8ClF3N4O. The Labute approximate surface area is 132 Å². The van der Waals surface area contributed by atoms with Crippen molar-refractivity contribution >= 4 is 34.2 Å². The lowest BCUT2D eigenvalue weighted by Crippen LogP contribution is -2.13. The average Bonchev–Trinajstić information content (AvgIpc) is 2.95. The molecule has 0 aliphatic rings. The van der Waals surface area contributed by atoms with Crippen molar-refractivity contribution in [2.75, 3.05) is 5.32 Å². The van der Waals surface area contributed by atoms with E-state index in [1.54, 1.807) is 6.07 Å². The van der Waals surface area contributed by atoms with Crippen LogP contribution in [-0.2, 0) is 6.18 Å². The second-order valence-electron chi connectivity index (χ2n) is 4.67. The molecule has 0 fully saturated rings. The van der Waals surface area contributed by atoms with Crippen molar-refractivity contribution in [2.24, 2.45) is 0 Å². The van der Waals surface area contributed by atoms with E-state index in [4.69, 9.17) is 11.6 Å². The molecule has 2 aromatic carbocycles. The molecule has 0 saturated carbocycles. The molecular weight excluding hydrogens is 333 g/mol. The lowest BCUT2D eigenvalue weighted by atomic mass is 10.1. The lowest BCUT2D eigenvalue weighted by molar-refractivity contribution is -0.137. The predicted molar refractivity (Wildman–Crippen MR) is 78.3 cm³/mol. The molecule has 0 bridgehead atoms. The van der Waals surface area contributed by atoms with Crippen LogP contribution in [0.5, 0.6) is 0 Å². The van der Waals surface area contributed by atoms with E-state index in [0.29, 0.717) is 11.0 Å². The number of halogens is 4. The number of hydrogen-bond donors (Lipinski definition) is 2. The minimum Gasteiger partial charge on any atom is -0.322 e. The van der Waals surface area contributed by atoms with E-state index in [1.165, 1.54) is 18.2 Å². The van der Waals surface area contributed by atoms with Gasteiger partial charge in [0.05, 0.1) is 10.6 Å². The molecule has 2 N–H and O–H groups in total. The molecule has 3 aromatic rings. The third-order valence-corrected chi connectivity index (χ3v) is 3.44. The number of aromatic amines is 1. The Morgan fingerprint density at radius 1 is 1.09 bits per heavy atom. The summed E-state index contributed by atoms with van der Waals surface area (Å²) in [6, 6.07) is 7.73. The van der Waals surface area contributed by atoms with Crippen molar-refractivity contribution in [2.45, 2.75) is 6.18 Å². The molecule has 0 aliphatic heterocycles. The molecule has 0 unspecified atom stereocenters. The van der Waals surface area contributed by atoms with Crippen LogP contribution < -0.4 is 5.32 Å². The van der Waals surface area contributed by atoms with E-state index in [1.807, 2.05) is 0 Å². The minimum atomic E-state index is -4.60. The zero-order chi connectivity index (χ0) is 16.6. The number of aromatic nitrogens is 3. The van der Waals surface area contributed by atoms with Gasteiger partial charge in [0.2, 0.25) is 0 Å². The Morgan fingerprint density at radius 3 is 2.57 bits per heavy atom. The smallest absolute Gasteiger partial charge is 0.322 e. The molecule has 0 spiro atoms. The van der Waals surface area contributed by atoms with Crippen molar-refractivity contribution in [3.63, 3.8) is 0 Å². The van der Waals surface area contributed by atoms with Crippen LogP contribution in [0.4, 0.5) is 18.9 Å². The predicted octanol–water partition coefficient (Wildman–Crippen LogP) is 3.88. The van der Waals surface area contributed by atoms with Crippen molar-refractivity contribution < 1.29 is 18.0 Å². The van der Waals surface area contributed by atoms with E-state index < -0.39 is 22.7 Å². The van der Waals surface area contributed by atoms with Gasteiger partial charge in [-0.2, -0.15) is 28.6 Å². The molecule has 0 saturated heterocycles. The highest BCUT2D eigenvalue weighted by molar-refractivity contribution is 6.31. The highest BCUT2D eigenvalue weighted by Crippen LogP contribution is 2.36. The van der Waals surface area contributed by atoms with Crippen LogP contribution in [0.1, 0.15) is 15.9 Å². The van der Waals surface area contributed by atoms with Crippen LogP contribution in [-0.4, -0.2) is 21.3 Å². The minimum absolute atomic E-state index is 0.00743. The summed E-state index contributed by atoms with van der Waals surface area (Å²) in [6.07, 6.45) is -4.60. The Kier molecular flexibility index (Phi) is 3.69. The van der Waals surface area contributed by atoms with Gasteiger partial charge < -0.3 is 5.32 Å². The fraction of sp³-hybridized carbons (Fsp3) is 0.0714. The number of carbonyl (C=O) groups excluding carboxylic acids is 1. The molecule has 9 heteroatoms. The molecule has 3 rings (SSSR count). The van der Waals surface area contributed by atoms with Gasteiger partial charge in [0.25, 0.3) is 5.91 Å². The first kappa shape index (κ1) is 15.3. The van der Waals surface area contributed by atoms with Crippen LogP contribution in [0.15, 0.2) is 36.4 Å². The van der Waals surface area contributed by atoms with E-state index in [2.05, 4.69) is 20.7 Å². The van der Waals surface area contributed by atoms with Crippen LogP contribution in [0.25, 0.3) is 11.0 Å². The normalized spacial score (nSPS) is 11.7. The first-order valence-electron chi connectivity index (χ1n) is 6.33. The van der Waals surface area contributed by atoms with E-state index >= 15 is 0 Å². The summed E-state index contributed by atoms with van der Waals surface area (Å²) in [5.74, 6) is -0.564. The van der Waals surface area contributed by atoms with Crippen molar-refractivity contribution in [1.29, 1.82) is 0 Å². The summed E-state index contributed by atoms with van der Waals surface area (Å²) in [7, 11) is 0. The number of anilines is 1. The molecule has 118 valence electrons. The number of nitrogens with one attached hydrogen (secondary N) is 2. The quantitative estimate of drug-likeness (QED) is 0.743. The second kappa shape index (κ2) is 5.54. The maximum Gasteiger partial charge on any atom is 0.417 e. The Bertz CT molecular complexity index is 891. The molecule has 0 atom stereocenters. The molecule has 1 amide bonds. The van der Waals surface area contributed by atoms with Gasteiger partial charge in [0, 0.05) is 11.3 Å². The number of alkyl halides is 3. The highest BCUT2D eigenvalue weighted by atomic mass is 35.5. The standard InChI is InChI=1S/C14H8ClF3N4O/c15-10-3-2-8(6-9(10)14(16,17)18)19-13(23)7-1-4-11-12(5-7)21-22-20-11/h1-6H,(H,19,23)(H,20,21,22). The van der Waals surface area contributed by atoms with Gasteiger partial charge in [-0.3, -0.25) is 4.79 Å². The number of nitrogens with zero attached hydrogens (tertiary/aromatic N) is 2. The Balaban J connectivity index is 1.87. The van der Waals surface area contributed by atoms with Gasteiger partial charge in [0.1, 0.15) is 11.0 Å². The monoisotopic (exact) mass is 340 g/mol. The second-order valence-corrected chi connectivity index (χ2v) is 5.08. The molecule has 23 heavy (non-hydrogen) atoms. The van der Waals surface area contributed by atoms with Crippen molar-refractivity contribution in [1.82, 2.24) is 15.4 Å². The highest BCUT2D eigenvalue weighted by Gasteiger charge is 2.33. The Morgan fingerprint density at radius 2 is 1.83 bits per heavy atom. The third-order valence-electron chi connectivity index (χ3n) is 3.11. The summed E-state index contributed by atoms with van der Waals surface area (Å²) in [4.78, 5) is 12.1. The summed E-state index contributed by atoms with van der Waals surface area (Å²) < 4.78 is 38.4. The largest absolute Gasteiger partial charge is 0.417 e. The fourth-order valence-corrected chi connectivity index (χ4v) is 2.23. The van der Waals surface area contributed by atoms with Crippen LogP contribution >= 0.6 is 11.6 Å². The topological polar surface area (TPSA) is 70.7 Å². The van der Waals surface area contributed by atoms with Crippen LogP contribution in [0, 0.1) is 0 Å². The Hall–Kier alpha value is -2.61. The summed E-state index contributed by atoms with van der Waals surface area (Å²) in [5, 5.41) is 12.1. The summed E-state index contributed by atoms with van der Waals surface area (Å²) in [6.45, 7) is 0. The maximum atomic E-state index is 12.8. The van der Waals surface area contributed by atoms with Gasteiger partial charge in [-0.15, -0.1) is 0 Å². The van der Waals surface area contributed by atoms with Crippen molar-refractivity contribution in [3.8, 4) is 0 Å². The van der Waals surface area contributed by atoms with Crippen LogP contribution in [0.3, 0.4) is 0 Å². The molecule has 5 nitrogen and oxygen atoms in total. The summed E-state index contributed by atoms with van der Waals surface area (Å²) >= 11 is 5.54. The number of carbonyl (C=O) groups is 1. The number of rotatable bonds is 2. The molecule has 0 radical (unpaired) electrons. The van der Waals surface area contributed by atoms with Crippen LogP contribution in [0.2, 0.25) is 5.02 Å². The number of hydrogen-bond acceptors (Lipinski definition) is 3. The van der Waals surface area contributed by atoms with Crippen molar-refractivity contribution in [3.05, 3.63) is 52.5 Å². The lowest BCUT2D eigenvalue weighted by Gasteiger charge is -2.11. The maximum absolute atomic E-state index is 12.8. The molecule has 1 heterocycles. The fourth-order valence-electron chi connectivity index (χ4n) is 2.01. The van der Waals surface area contributed by atoms with Gasteiger partial charge >= 0.3 is 6.18 Å². The first-order chi connectivity index (χ1) is 10.8. The average molecular weight is 341 g/mol. The number of amides is 1. The number of benzene rings is 2.